The second-order valence-electron chi connectivity index (χ2n) is 3.19. The molecule has 2 N–H and O–H groups in total. The molecule has 1 aromatic carbocycles. The van der Waals surface area contributed by atoms with Gasteiger partial charge in [0.15, 0.2) is 0 Å². The molecule has 5 heteroatoms. The molecule has 0 spiro atoms. The second kappa shape index (κ2) is 6.08. The fraction of sp³-hybridized carbons (Fsp3) is 0.455. The van der Waals surface area contributed by atoms with E-state index in [1.807, 2.05) is 12.1 Å². The highest BCUT2D eigenvalue weighted by Crippen LogP contribution is 2.36. The predicted molar refractivity (Wildman–Crippen MR) is 66.1 cm³/mol. The molecule has 0 radical (unpaired) electrons. The highest BCUT2D eigenvalue weighted by molar-refractivity contribution is 9.10. The predicted octanol–water partition coefficient (Wildman–Crippen LogP) is 2.11. The van der Waals surface area contributed by atoms with E-state index in [9.17, 15) is 0 Å². The van der Waals surface area contributed by atoms with E-state index in [-0.39, 0.29) is 6.10 Å². The summed E-state index contributed by atoms with van der Waals surface area (Å²) in [5.74, 6) is 1.45. The maximum absolute atomic E-state index is 5.64. The fourth-order valence-electron chi connectivity index (χ4n) is 1.49. The minimum absolute atomic E-state index is 0.197. The van der Waals surface area contributed by atoms with Crippen molar-refractivity contribution in [3.05, 3.63) is 22.2 Å². The van der Waals surface area contributed by atoms with Crippen LogP contribution in [0.3, 0.4) is 0 Å². The Bertz CT molecular complexity index is 353. The van der Waals surface area contributed by atoms with Crippen LogP contribution in [-0.4, -0.2) is 27.9 Å². The normalized spacial score (nSPS) is 12.3. The van der Waals surface area contributed by atoms with Gasteiger partial charge in [-0.15, -0.1) is 0 Å². The van der Waals surface area contributed by atoms with Crippen LogP contribution < -0.4 is 15.2 Å². The highest BCUT2D eigenvalue weighted by Gasteiger charge is 2.17. The Balaban J connectivity index is 3.23. The molecule has 0 bridgehead atoms. The van der Waals surface area contributed by atoms with Crippen LogP contribution in [-0.2, 0) is 4.74 Å². The Morgan fingerprint density at radius 1 is 1.19 bits per heavy atom. The molecule has 0 unspecified atom stereocenters. The molecule has 1 rings (SSSR count). The number of ether oxygens (including phenoxy) is 3. The summed E-state index contributed by atoms with van der Waals surface area (Å²) in [6.45, 7) is 0.387. The van der Waals surface area contributed by atoms with Crippen molar-refractivity contribution in [2.24, 2.45) is 5.73 Å². The van der Waals surface area contributed by atoms with Gasteiger partial charge in [-0.2, -0.15) is 0 Å². The zero-order valence-corrected chi connectivity index (χ0v) is 11.2. The van der Waals surface area contributed by atoms with Crippen molar-refractivity contribution in [1.29, 1.82) is 0 Å². The Morgan fingerprint density at radius 3 is 2.25 bits per heavy atom. The van der Waals surface area contributed by atoms with E-state index < -0.39 is 0 Å². The molecule has 1 atom stereocenters. The minimum atomic E-state index is -0.197. The average Bonchev–Trinajstić information content (AvgIpc) is 2.31. The third-order valence-corrected chi connectivity index (χ3v) is 2.97. The van der Waals surface area contributed by atoms with Gasteiger partial charge in [-0.05, 0) is 28.1 Å². The quantitative estimate of drug-likeness (QED) is 0.902. The van der Waals surface area contributed by atoms with Crippen molar-refractivity contribution in [2.45, 2.75) is 6.10 Å². The molecule has 90 valence electrons. The third-order valence-electron chi connectivity index (χ3n) is 2.35. The van der Waals surface area contributed by atoms with Crippen molar-refractivity contribution < 1.29 is 14.2 Å². The number of nitrogens with two attached hydrogens (primary N) is 1. The van der Waals surface area contributed by atoms with Gasteiger partial charge in [-0.1, -0.05) is 0 Å². The maximum atomic E-state index is 5.64. The van der Waals surface area contributed by atoms with E-state index in [1.165, 1.54) is 0 Å². The topological polar surface area (TPSA) is 53.7 Å². The van der Waals surface area contributed by atoms with Gasteiger partial charge in [-0.25, -0.2) is 0 Å². The summed E-state index contributed by atoms with van der Waals surface area (Å²) in [6.07, 6.45) is -0.197. The van der Waals surface area contributed by atoms with Gasteiger partial charge in [0.05, 0.1) is 24.8 Å². The molecule has 0 aliphatic rings. The largest absolute Gasteiger partial charge is 0.496 e. The molecule has 0 heterocycles. The molecule has 0 aliphatic carbocycles. The molecule has 1 aromatic rings. The summed E-state index contributed by atoms with van der Waals surface area (Å²) in [7, 11) is 4.84. The van der Waals surface area contributed by atoms with Crippen molar-refractivity contribution in [1.82, 2.24) is 0 Å². The number of methoxy groups -OCH3 is 3. The molecule has 0 saturated carbocycles. The van der Waals surface area contributed by atoms with E-state index in [0.717, 1.165) is 21.5 Å². The van der Waals surface area contributed by atoms with Gasteiger partial charge in [-0.3, -0.25) is 0 Å². The minimum Gasteiger partial charge on any atom is -0.496 e. The van der Waals surface area contributed by atoms with Crippen LogP contribution in [0.4, 0.5) is 0 Å². The SMILES string of the molecule is COc1cc([C@@H](CN)OC)c(OC)cc1Br. The number of halogens is 1. The molecule has 0 saturated heterocycles. The Labute approximate surface area is 104 Å². The Kier molecular flexibility index (Phi) is 5.05. The van der Waals surface area contributed by atoms with Gasteiger partial charge >= 0.3 is 0 Å². The van der Waals surface area contributed by atoms with E-state index in [0.29, 0.717) is 6.54 Å². The summed E-state index contributed by atoms with van der Waals surface area (Å²) < 4.78 is 16.6. The first-order valence-corrected chi connectivity index (χ1v) is 5.61. The summed E-state index contributed by atoms with van der Waals surface area (Å²) in [4.78, 5) is 0. The zero-order valence-electron chi connectivity index (χ0n) is 9.62. The van der Waals surface area contributed by atoms with Gasteiger partial charge in [0, 0.05) is 19.2 Å². The summed E-state index contributed by atoms with van der Waals surface area (Å²) in [6, 6.07) is 3.71. The summed E-state index contributed by atoms with van der Waals surface area (Å²) >= 11 is 3.40. The van der Waals surface area contributed by atoms with Gasteiger partial charge in [0.25, 0.3) is 0 Å². The molecule has 4 nitrogen and oxygen atoms in total. The lowest BCUT2D eigenvalue weighted by Crippen LogP contribution is -2.15. The summed E-state index contributed by atoms with van der Waals surface area (Å²) in [5, 5.41) is 0. The summed E-state index contributed by atoms with van der Waals surface area (Å²) in [5.41, 5.74) is 6.52. The number of benzene rings is 1. The lowest BCUT2D eigenvalue weighted by Gasteiger charge is -2.18. The Hall–Kier alpha value is -0.780. The second-order valence-corrected chi connectivity index (χ2v) is 4.04. The highest BCUT2D eigenvalue weighted by atomic mass is 79.9. The molecular weight excluding hydrogens is 274 g/mol. The average molecular weight is 290 g/mol. The van der Waals surface area contributed by atoms with Crippen LogP contribution in [0.15, 0.2) is 16.6 Å². The fourth-order valence-corrected chi connectivity index (χ4v) is 1.97. The lowest BCUT2D eigenvalue weighted by atomic mass is 10.1. The first-order valence-electron chi connectivity index (χ1n) is 4.82. The van der Waals surface area contributed by atoms with E-state index in [4.69, 9.17) is 19.9 Å². The van der Waals surface area contributed by atoms with Gasteiger partial charge < -0.3 is 19.9 Å². The first-order chi connectivity index (χ1) is 7.67. The monoisotopic (exact) mass is 289 g/mol. The van der Waals surface area contributed by atoms with Crippen LogP contribution >= 0.6 is 15.9 Å². The van der Waals surface area contributed by atoms with Crippen LogP contribution in [0.25, 0.3) is 0 Å². The van der Waals surface area contributed by atoms with E-state index in [2.05, 4.69) is 15.9 Å². The number of hydrogen-bond acceptors (Lipinski definition) is 4. The maximum Gasteiger partial charge on any atom is 0.133 e. The smallest absolute Gasteiger partial charge is 0.133 e. The van der Waals surface area contributed by atoms with Gasteiger partial charge in [0.1, 0.15) is 11.5 Å². The van der Waals surface area contributed by atoms with Crippen LogP contribution in [0.2, 0.25) is 0 Å². The number of rotatable bonds is 5. The van der Waals surface area contributed by atoms with Crippen molar-refractivity contribution in [3.8, 4) is 11.5 Å². The first kappa shape index (κ1) is 13.3. The van der Waals surface area contributed by atoms with Crippen LogP contribution in [0.1, 0.15) is 11.7 Å². The molecule has 0 fully saturated rings. The third kappa shape index (κ3) is 2.66. The molecule has 0 amide bonds. The lowest BCUT2D eigenvalue weighted by molar-refractivity contribution is 0.108. The van der Waals surface area contributed by atoms with Crippen molar-refractivity contribution in [3.63, 3.8) is 0 Å². The van der Waals surface area contributed by atoms with Crippen LogP contribution in [0, 0.1) is 0 Å². The van der Waals surface area contributed by atoms with Gasteiger partial charge in [0.2, 0.25) is 0 Å². The molecule has 16 heavy (non-hydrogen) atoms. The van der Waals surface area contributed by atoms with E-state index >= 15 is 0 Å². The van der Waals surface area contributed by atoms with Crippen molar-refractivity contribution >= 4 is 15.9 Å². The molecule has 0 aliphatic heterocycles. The number of hydrogen-bond donors (Lipinski definition) is 1. The van der Waals surface area contributed by atoms with Crippen LogP contribution in [0.5, 0.6) is 11.5 Å². The standard InChI is InChI=1S/C11H16BrNO3/c1-14-9-5-8(12)10(15-2)4-7(9)11(6-13)16-3/h4-5,11H,6,13H2,1-3H3/t11-/m1/s1. The Morgan fingerprint density at radius 2 is 1.81 bits per heavy atom. The zero-order chi connectivity index (χ0) is 12.1. The molecule has 0 aromatic heterocycles. The van der Waals surface area contributed by atoms with Crippen molar-refractivity contribution in [2.75, 3.05) is 27.9 Å². The van der Waals surface area contributed by atoms with E-state index in [1.54, 1.807) is 21.3 Å². The molecular formula is C11H16BrNO3.